The van der Waals surface area contributed by atoms with Crippen LogP contribution in [-0.2, 0) is 4.43 Å². The lowest BCUT2D eigenvalue weighted by Gasteiger charge is -2.43. The van der Waals surface area contributed by atoms with Crippen LogP contribution in [0.5, 0.6) is 0 Å². The number of aryl methyl sites for hydroxylation is 1. The lowest BCUT2D eigenvalue weighted by molar-refractivity contribution is -0.384. The minimum Gasteiger partial charge on any atom is -0.406 e. The molecule has 0 saturated carbocycles. The van der Waals surface area contributed by atoms with Gasteiger partial charge in [-0.25, -0.2) is 4.79 Å². The molecular formula is C29H35N3O4Si. The maximum atomic E-state index is 13.5. The van der Waals surface area contributed by atoms with Gasteiger partial charge in [0.1, 0.15) is 0 Å². The van der Waals surface area contributed by atoms with Crippen molar-refractivity contribution in [1.82, 2.24) is 4.90 Å². The van der Waals surface area contributed by atoms with Crippen LogP contribution >= 0.6 is 0 Å². The number of carbonyl (C=O) groups excluding carboxylic acids is 1. The summed E-state index contributed by atoms with van der Waals surface area (Å²) in [5, 5.41) is 13.4. The number of carbonyl (C=O) groups is 1. The molecule has 3 aromatic carbocycles. The van der Waals surface area contributed by atoms with Gasteiger partial charge in [0, 0.05) is 37.5 Å². The number of urea groups is 1. The minimum atomic E-state index is -2.68. The third-order valence-electron chi connectivity index (χ3n) is 7.09. The molecule has 1 heterocycles. The van der Waals surface area contributed by atoms with Gasteiger partial charge in [-0.15, -0.1) is 0 Å². The van der Waals surface area contributed by atoms with Gasteiger partial charge in [-0.05, 0) is 40.4 Å². The minimum absolute atomic E-state index is 0.0290. The Bertz CT molecular complexity index is 1210. The average molecular weight is 518 g/mol. The van der Waals surface area contributed by atoms with E-state index in [-0.39, 0.29) is 16.8 Å². The molecule has 0 N–H and O–H groups in total. The molecule has 8 heteroatoms. The van der Waals surface area contributed by atoms with Crippen LogP contribution in [0.2, 0.25) is 5.04 Å². The molecule has 0 spiro atoms. The maximum absolute atomic E-state index is 13.5. The number of nitrogens with zero attached hydrogens (tertiary/aromatic N) is 3. The summed E-state index contributed by atoms with van der Waals surface area (Å²) in [5.41, 5.74) is 1.46. The predicted octanol–water partition coefficient (Wildman–Crippen LogP) is 5.11. The summed E-state index contributed by atoms with van der Waals surface area (Å²) in [6.45, 7) is 10.7. The molecule has 1 saturated heterocycles. The summed E-state index contributed by atoms with van der Waals surface area (Å²) >= 11 is 0. The molecule has 0 aliphatic carbocycles. The van der Waals surface area contributed by atoms with Crippen molar-refractivity contribution in [2.75, 3.05) is 31.1 Å². The van der Waals surface area contributed by atoms with Crippen molar-refractivity contribution in [3.8, 4) is 0 Å². The van der Waals surface area contributed by atoms with Crippen LogP contribution in [0.15, 0.2) is 78.9 Å². The largest absolute Gasteiger partial charge is 0.406 e. The number of nitro benzene ring substituents is 1. The molecule has 3 aromatic rings. The highest BCUT2D eigenvalue weighted by molar-refractivity contribution is 6.99. The number of hydrogen-bond donors (Lipinski definition) is 0. The van der Waals surface area contributed by atoms with Gasteiger partial charge in [-0.3, -0.25) is 15.0 Å². The van der Waals surface area contributed by atoms with Gasteiger partial charge in [0.2, 0.25) is 0 Å². The Morgan fingerprint density at radius 1 is 0.946 bits per heavy atom. The molecule has 0 unspecified atom stereocenters. The van der Waals surface area contributed by atoms with E-state index in [1.807, 2.05) is 17.0 Å². The Kier molecular flexibility index (Phi) is 7.80. The summed E-state index contributed by atoms with van der Waals surface area (Å²) in [6.07, 6.45) is 0.821. The van der Waals surface area contributed by atoms with Gasteiger partial charge in [0.25, 0.3) is 14.0 Å². The van der Waals surface area contributed by atoms with Crippen LogP contribution < -0.4 is 15.3 Å². The number of benzene rings is 3. The van der Waals surface area contributed by atoms with Crippen molar-refractivity contribution >= 4 is 36.1 Å². The van der Waals surface area contributed by atoms with Gasteiger partial charge < -0.3 is 9.33 Å². The van der Waals surface area contributed by atoms with Gasteiger partial charge in [0.05, 0.1) is 11.5 Å². The summed E-state index contributed by atoms with van der Waals surface area (Å²) in [7, 11) is -2.68. The van der Waals surface area contributed by atoms with E-state index in [0.29, 0.717) is 37.5 Å². The first kappa shape index (κ1) is 26.6. The van der Waals surface area contributed by atoms with E-state index < -0.39 is 13.2 Å². The lowest BCUT2D eigenvalue weighted by atomic mass is 10.1. The van der Waals surface area contributed by atoms with Crippen LogP contribution in [-0.4, -0.2) is 50.4 Å². The maximum Gasteiger partial charge on any atom is 0.324 e. The fourth-order valence-electron chi connectivity index (χ4n) is 5.34. The standard InChI is InChI=1S/C29H35N3O4Si/c1-23-22-24(32(34)35)16-17-27(23)31-19-11-18-30(28(31)33)20-21-36-37(29(2,3)4,25-12-7-5-8-13-25)26-14-9-6-10-15-26/h5-10,12-17,22H,11,18-21H2,1-4H3. The van der Waals surface area contributed by atoms with Crippen LogP contribution in [0.1, 0.15) is 32.8 Å². The molecule has 0 atom stereocenters. The zero-order valence-electron chi connectivity index (χ0n) is 22.0. The highest BCUT2D eigenvalue weighted by Gasteiger charge is 2.50. The van der Waals surface area contributed by atoms with Crippen molar-refractivity contribution in [2.24, 2.45) is 0 Å². The fraction of sp³-hybridized carbons (Fsp3) is 0.345. The quantitative estimate of drug-likeness (QED) is 0.236. The highest BCUT2D eigenvalue weighted by Crippen LogP contribution is 2.36. The molecule has 4 rings (SSSR count). The molecule has 0 radical (unpaired) electrons. The van der Waals surface area contributed by atoms with E-state index in [9.17, 15) is 14.9 Å². The monoisotopic (exact) mass is 517 g/mol. The molecule has 0 aromatic heterocycles. The number of nitro groups is 1. The molecule has 1 fully saturated rings. The topological polar surface area (TPSA) is 75.9 Å². The first-order valence-electron chi connectivity index (χ1n) is 12.7. The molecule has 0 bridgehead atoms. The Hall–Kier alpha value is -3.49. The first-order chi connectivity index (χ1) is 17.6. The lowest BCUT2D eigenvalue weighted by Crippen LogP contribution is -2.67. The summed E-state index contributed by atoms with van der Waals surface area (Å²) in [4.78, 5) is 27.8. The van der Waals surface area contributed by atoms with Crippen LogP contribution in [0.25, 0.3) is 0 Å². The van der Waals surface area contributed by atoms with E-state index in [0.717, 1.165) is 6.42 Å². The SMILES string of the molecule is Cc1cc([N+](=O)[O-])ccc1N1CCCN(CCO[Si](c2ccccc2)(c2ccccc2)C(C)(C)C)C1=O. The Labute approximate surface area is 220 Å². The van der Waals surface area contributed by atoms with Gasteiger partial charge in [-0.2, -0.15) is 0 Å². The highest BCUT2D eigenvalue weighted by atomic mass is 28.4. The van der Waals surface area contributed by atoms with E-state index in [2.05, 4.69) is 69.3 Å². The second kappa shape index (κ2) is 10.9. The Morgan fingerprint density at radius 3 is 2.05 bits per heavy atom. The third kappa shape index (κ3) is 5.31. The van der Waals surface area contributed by atoms with E-state index in [1.54, 1.807) is 17.9 Å². The molecular weight excluding hydrogens is 482 g/mol. The van der Waals surface area contributed by atoms with Crippen LogP contribution in [0.4, 0.5) is 16.2 Å². The third-order valence-corrected chi connectivity index (χ3v) is 12.1. The van der Waals surface area contributed by atoms with Gasteiger partial charge in [-0.1, -0.05) is 81.4 Å². The number of amides is 2. The number of rotatable bonds is 8. The number of anilines is 1. The van der Waals surface area contributed by atoms with Crippen molar-refractivity contribution in [3.63, 3.8) is 0 Å². The molecule has 1 aliphatic heterocycles. The molecule has 2 amide bonds. The van der Waals surface area contributed by atoms with Crippen molar-refractivity contribution in [3.05, 3.63) is 94.5 Å². The van der Waals surface area contributed by atoms with Crippen molar-refractivity contribution in [1.29, 1.82) is 0 Å². The van der Waals surface area contributed by atoms with Crippen molar-refractivity contribution in [2.45, 2.75) is 39.2 Å². The zero-order valence-corrected chi connectivity index (χ0v) is 23.0. The summed E-state index contributed by atoms with van der Waals surface area (Å²) in [6, 6.07) is 25.5. The predicted molar refractivity (Wildman–Crippen MR) is 150 cm³/mol. The second-order valence-electron chi connectivity index (χ2n) is 10.5. The number of non-ortho nitro benzene ring substituents is 1. The van der Waals surface area contributed by atoms with E-state index in [4.69, 9.17) is 4.43 Å². The second-order valence-corrected chi connectivity index (χ2v) is 14.8. The van der Waals surface area contributed by atoms with E-state index >= 15 is 0 Å². The molecule has 7 nitrogen and oxygen atoms in total. The normalized spacial score (nSPS) is 14.6. The van der Waals surface area contributed by atoms with E-state index in [1.165, 1.54) is 22.5 Å². The Balaban J connectivity index is 1.56. The van der Waals surface area contributed by atoms with Gasteiger partial charge >= 0.3 is 6.03 Å². The van der Waals surface area contributed by atoms with Crippen LogP contribution in [0.3, 0.4) is 0 Å². The molecule has 1 aliphatic rings. The average Bonchev–Trinajstić information content (AvgIpc) is 2.88. The number of hydrogen-bond acceptors (Lipinski definition) is 4. The molecule has 194 valence electrons. The summed E-state index contributed by atoms with van der Waals surface area (Å²) in [5.74, 6) is 0. The van der Waals surface area contributed by atoms with Gasteiger partial charge in [0.15, 0.2) is 0 Å². The Morgan fingerprint density at radius 2 is 1.54 bits per heavy atom. The molecule has 37 heavy (non-hydrogen) atoms. The smallest absolute Gasteiger partial charge is 0.324 e. The first-order valence-corrected chi connectivity index (χ1v) is 14.6. The van der Waals surface area contributed by atoms with Crippen molar-refractivity contribution < 1.29 is 14.1 Å². The van der Waals surface area contributed by atoms with Crippen LogP contribution in [0, 0.1) is 17.0 Å². The summed E-state index contributed by atoms with van der Waals surface area (Å²) < 4.78 is 6.98. The fourth-order valence-corrected chi connectivity index (χ4v) is 9.89. The zero-order chi connectivity index (χ0) is 26.6.